The quantitative estimate of drug-likeness (QED) is 0.863. The fourth-order valence-corrected chi connectivity index (χ4v) is 1.75. The molecule has 2 rings (SSSR count). The van der Waals surface area contributed by atoms with E-state index >= 15 is 0 Å². The lowest BCUT2D eigenvalue weighted by Gasteiger charge is -2.04. The third kappa shape index (κ3) is 3.79. The van der Waals surface area contributed by atoms with Crippen LogP contribution in [0.5, 0.6) is 5.75 Å². The van der Waals surface area contributed by atoms with Crippen molar-refractivity contribution in [3.05, 3.63) is 36.2 Å². The molecule has 0 fully saturated rings. The number of ether oxygens (including phenoxy) is 1. The van der Waals surface area contributed by atoms with Crippen molar-refractivity contribution in [1.29, 1.82) is 0 Å². The Morgan fingerprint density at radius 2 is 2.21 bits per heavy atom. The zero-order valence-electron chi connectivity index (χ0n) is 11.6. The van der Waals surface area contributed by atoms with E-state index in [4.69, 9.17) is 4.74 Å². The smallest absolute Gasteiger partial charge is 0.121 e. The first-order valence-electron chi connectivity index (χ1n) is 6.45. The lowest BCUT2D eigenvalue weighted by molar-refractivity contribution is 0.414. The first kappa shape index (κ1) is 13.5. The van der Waals surface area contributed by atoms with E-state index < -0.39 is 0 Å². The molecule has 0 saturated carbocycles. The Labute approximate surface area is 113 Å². The van der Waals surface area contributed by atoms with Crippen LogP contribution in [0, 0.1) is 5.92 Å². The van der Waals surface area contributed by atoms with Crippen molar-refractivity contribution in [3.8, 4) is 11.4 Å². The maximum absolute atomic E-state index is 5.20. The number of nitrogens with one attached hydrogen (secondary N) is 1. The van der Waals surface area contributed by atoms with Crippen molar-refractivity contribution in [2.45, 2.75) is 20.4 Å². The highest BCUT2D eigenvalue weighted by Crippen LogP contribution is 2.15. The second kappa shape index (κ2) is 6.33. The highest BCUT2D eigenvalue weighted by atomic mass is 16.5. The van der Waals surface area contributed by atoms with Gasteiger partial charge in [0.25, 0.3) is 0 Å². The molecular formula is C14H20N4O. The summed E-state index contributed by atoms with van der Waals surface area (Å²) in [6.07, 6.45) is 1.93. The van der Waals surface area contributed by atoms with Crippen LogP contribution in [-0.4, -0.2) is 28.6 Å². The molecule has 1 aromatic carbocycles. The van der Waals surface area contributed by atoms with Crippen LogP contribution in [-0.2, 0) is 6.54 Å². The Morgan fingerprint density at radius 3 is 2.95 bits per heavy atom. The second-order valence-corrected chi connectivity index (χ2v) is 4.88. The van der Waals surface area contributed by atoms with Gasteiger partial charge >= 0.3 is 0 Å². The van der Waals surface area contributed by atoms with Gasteiger partial charge in [0.05, 0.1) is 24.7 Å². The Morgan fingerprint density at radius 1 is 1.37 bits per heavy atom. The molecule has 0 aliphatic heterocycles. The molecule has 1 aromatic heterocycles. The fraction of sp³-hybridized carbons (Fsp3) is 0.429. The molecule has 0 bridgehead atoms. The lowest BCUT2D eigenvalue weighted by Crippen LogP contribution is -2.19. The standard InChI is InChI=1S/C14H20N4O/c1-11(2)8-15-9-12-10-18(17-16-12)13-5-4-6-14(7-13)19-3/h4-7,10-11,15H,8-9H2,1-3H3. The summed E-state index contributed by atoms with van der Waals surface area (Å²) >= 11 is 0. The number of nitrogens with zero attached hydrogens (tertiary/aromatic N) is 3. The number of benzene rings is 1. The SMILES string of the molecule is COc1cccc(-n2cc(CNCC(C)C)nn2)c1. The van der Waals surface area contributed by atoms with E-state index in [0.717, 1.165) is 30.2 Å². The van der Waals surface area contributed by atoms with Crippen molar-refractivity contribution in [2.75, 3.05) is 13.7 Å². The van der Waals surface area contributed by atoms with Crippen LogP contribution < -0.4 is 10.1 Å². The van der Waals surface area contributed by atoms with Crippen LogP contribution in [0.4, 0.5) is 0 Å². The van der Waals surface area contributed by atoms with Crippen molar-refractivity contribution in [1.82, 2.24) is 20.3 Å². The largest absolute Gasteiger partial charge is 0.497 e. The van der Waals surface area contributed by atoms with E-state index in [-0.39, 0.29) is 0 Å². The van der Waals surface area contributed by atoms with Gasteiger partial charge in [0.2, 0.25) is 0 Å². The average Bonchev–Trinajstić information content (AvgIpc) is 2.87. The fourth-order valence-electron chi connectivity index (χ4n) is 1.75. The number of aromatic nitrogens is 3. The summed E-state index contributed by atoms with van der Waals surface area (Å²) in [5.41, 5.74) is 1.88. The van der Waals surface area contributed by atoms with Gasteiger partial charge in [-0.3, -0.25) is 0 Å². The van der Waals surface area contributed by atoms with Crippen LogP contribution in [0.15, 0.2) is 30.5 Å². The normalized spacial score (nSPS) is 10.9. The Bertz CT molecular complexity index is 522. The van der Waals surface area contributed by atoms with Gasteiger partial charge in [-0.25, -0.2) is 4.68 Å². The molecule has 0 unspecified atom stereocenters. The minimum Gasteiger partial charge on any atom is -0.497 e. The topological polar surface area (TPSA) is 52.0 Å². The molecule has 0 amide bonds. The van der Waals surface area contributed by atoms with Gasteiger partial charge in [-0.1, -0.05) is 25.1 Å². The molecule has 0 radical (unpaired) electrons. The molecule has 19 heavy (non-hydrogen) atoms. The van der Waals surface area contributed by atoms with Crippen LogP contribution in [0.3, 0.4) is 0 Å². The van der Waals surface area contributed by atoms with Gasteiger partial charge in [0, 0.05) is 12.6 Å². The maximum Gasteiger partial charge on any atom is 0.121 e. The highest BCUT2D eigenvalue weighted by Gasteiger charge is 2.04. The summed E-state index contributed by atoms with van der Waals surface area (Å²) in [7, 11) is 1.65. The van der Waals surface area contributed by atoms with E-state index in [2.05, 4.69) is 29.5 Å². The molecule has 0 atom stereocenters. The maximum atomic E-state index is 5.20. The summed E-state index contributed by atoms with van der Waals surface area (Å²) in [5.74, 6) is 1.45. The van der Waals surface area contributed by atoms with Gasteiger partial charge in [-0.15, -0.1) is 5.10 Å². The van der Waals surface area contributed by atoms with Crippen molar-refractivity contribution < 1.29 is 4.74 Å². The van der Waals surface area contributed by atoms with Gasteiger partial charge in [0.1, 0.15) is 5.75 Å². The Balaban J connectivity index is 2.03. The molecule has 5 heteroatoms. The van der Waals surface area contributed by atoms with Gasteiger partial charge in [0.15, 0.2) is 0 Å². The summed E-state index contributed by atoms with van der Waals surface area (Å²) < 4.78 is 6.96. The molecule has 0 aliphatic rings. The monoisotopic (exact) mass is 260 g/mol. The molecule has 5 nitrogen and oxygen atoms in total. The van der Waals surface area contributed by atoms with Crippen LogP contribution >= 0.6 is 0 Å². The molecule has 0 aliphatic carbocycles. The van der Waals surface area contributed by atoms with E-state index in [1.165, 1.54) is 0 Å². The predicted octanol–water partition coefficient (Wildman–Crippen LogP) is 2.02. The average molecular weight is 260 g/mol. The predicted molar refractivity (Wildman–Crippen MR) is 74.5 cm³/mol. The van der Waals surface area contributed by atoms with Crippen molar-refractivity contribution in [2.24, 2.45) is 5.92 Å². The highest BCUT2D eigenvalue weighted by molar-refractivity contribution is 5.38. The second-order valence-electron chi connectivity index (χ2n) is 4.88. The molecule has 0 saturated heterocycles. The summed E-state index contributed by atoms with van der Waals surface area (Å²) in [6, 6.07) is 7.75. The zero-order valence-corrected chi connectivity index (χ0v) is 11.6. The van der Waals surface area contributed by atoms with Crippen LogP contribution in [0.2, 0.25) is 0 Å². The lowest BCUT2D eigenvalue weighted by atomic mass is 10.2. The number of hydrogen-bond acceptors (Lipinski definition) is 4. The number of hydrogen-bond donors (Lipinski definition) is 1. The van der Waals surface area contributed by atoms with Crippen LogP contribution in [0.1, 0.15) is 19.5 Å². The molecule has 1 heterocycles. The van der Waals surface area contributed by atoms with Gasteiger partial charge in [-0.05, 0) is 24.6 Å². The number of rotatable bonds is 6. The summed E-state index contributed by atoms with van der Waals surface area (Å²) in [5, 5.41) is 11.6. The summed E-state index contributed by atoms with van der Waals surface area (Å²) in [6.45, 7) is 6.08. The Kier molecular flexibility index (Phi) is 4.52. The molecule has 0 spiro atoms. The number of methoxy groups -OCH3 is 1. The third-order valence-corrected chi connectivity index (χ3v) is 2.72. The van der Waals surface area contributed by atoms with E-state index in [1.807, 2.05) is 30.5 Å². The minimum absolute atomic E-state index is 0.633. The minimum atomic E-state index is 0.633. The van der Waals surface area contributed by atoms with Crippen molar-refractivity contribution in [3.63, 3.8) is 0 Å². The molecule has 1 N–H and O–H groups in total. The van der Waals surface area contributed by atoms with Gasteiger partial charge < -0.3 is 10.1 Å². The molecule has 102 valence electrons. The van der Waals surface area contributed by atoms with E-state index in [1.54, 1.807) is 11.8 Å². The van der Waals surface area contributed by atoms with Gasteiger partial charge in [-0.2, -0.15) is 0 Å². The molecule has 2 aromatic rings. The van der Waals surface area contributed by atoms with Crippen LogP contribution in [0.25, 0.3) is 5.69 Å². The third-order valence-electron chi connectivity index (χ3n) is 2.72. The Hall–Kier alpha value is -1.88. The van der Waals surface area contributed by atoms with E-state index in [0.29, 0.717) is 5.92 Å². The molecular weight excluding hydrogens is 240 g/mol. The summed E-state index contributed by atoms with van der Waals surface area (Å²) in [4.78, 5) is 0. The first-order valence-corrected chi connectivity index (χ1v) is 6.45. The van der Waals surface area contributed by atoms with E-state index in [9.17, 15) is 0 Å². The first-order chi connectivity index (χ1) is 9.19. The van der Waals surface area contributed by atoms with Crippen molar-refractivity contribution >= 4 is 0 Å². The zero-order chi connectivity index (χ0) is 13.7.